The molecule has 19 heavy (non-hydrogen) atoms. The molecule has 100 valence electrons. The van der Waals surface area contributed by atoms with E-state index in [1.54, 1.807) is 36.7 Å². The summed E-state index contributed by atoms with van der Waals surface area (Å²) in [6.07, 6.45) is 4.39. The number of aromatic nitrogens is 2. The van der Waals surface area contributed by atoms with Crippen LogP contribution in [0.1, 0.15) is 27.2 Å². The van der Waals surface area contributed by atoms with E-state index in [0.717, 1.165) is 17.2 Å². The molecule has 0 fully saturated rings. The molecule has 1 amide bonds. The van der Waals surface area contributed by atoms with Crippen molar-refractivity contribution in [2.45, 2.75) is 19.9 Å². The molecule has 2 aromatic rings. The lowest BCUT2D eigenvalue weighted by molar-refractivity contribution is 0.0950. The van der Waals surface area contributed by atoms with Crippen LogP contribution in [0.4, 0.5) is 5.82 Å². The fourth-order valence-electron chi connectivity index (χ4n) is 1.53. The number of carbonyl (C=O) groups is 1. The van der Waals surface area contributed by atoms with Crippen LogP contribution in [0.2, 0.25) is 0 Å². The van der Waals surface area contributed by atoms with Crippen molar-refractivity contribution in [2.24, 2.45) is 0 Å². The SMILES string of the molecule is CCc1cnc(CNC(=O)c2ccc(NC)nc2)s1. The Kier molecular flexibility index (Phi) is 4.46. The highest BCUT2D eigenvalue weighted by atomic mass is 32.1. The number of amides is 1. The van der Waals surface area contributed by atoms with Gasteiger partial charge in [-0.05, 0) is 18.6 Å². The molecule has 2 N–H and O–H groups in total. The summed E-state index contributed by atoms with van der Waals surface area (Å²) in [6.45, 7) is 2.54. The van der Waals surface area contributed by atoms with Gasteiger partial charge in [0, 0.05) is 24.3 Å². The second-order valence-corrected chi connectivity index (χ2v) is 5.14. The van der Waals surface area contributed by atoms with Crippen molar-refractivity contribution in [2.75, 3.05) is 12.4 Å². The summed E-state index contributed by atoms with van der Waals surface area (Å²) in [6, 6.07) is 3.51. The molecule has 0 aliphatic heterocycles. The number of thiazole rings is 1. The normalized spacial score (nSPS) is 10.2. The quantitative estimate of drug-likeness (QED) is 0.877. The number of hydrogen-bond donors (Lipinski definition) is 2. The average Bonchev–Trinajstić information content (AvgIpc) is 2.93. The summed E-state index contributed by atoms with van der Waals surface area (Å²) in [5.41, 5.74) is 0.547. The molecule has 0 saturated carbocycles. The Balaban J connectivity index is 1.93. The highest BCUT2D eigenvalue weighted by molar-refractivity contribution is 7.11. The maximum absolute atomic E-state index is 11.9. The zero-order chi connectivity index (χ0) is 13.7. The number of carbonyl (C=O) groups excluding carboxylic acids is 1. The molecule has 0 aromatic carbocycles. The molecule has 2 aromatic heterocycles. The number of hydrogen-bond acceptors (Lipinski definition) is 5. The molecular formula is C13H16N4OS. The molecule has 2 rings (SSSR count). The molecule has 0 saturated heterocycles. The van der Waals surface area contributed by atoms with Crippen molar-refractivity contribution in [1.82, 2.24) is 15.3 Å². The van der Waals surface area contributed by atoms with E-state index in [0.29, 0.717) is 12.1 Å². The maximum Gasteiger partial charge on any atom is 0.253 e. The molecule has 5 nitrogen and oxygen atoms in total. The van der Waals surface area contributed by atoms with Gasteiger partial charge in [0.05, 0.1) is 12.1 Å². The Hall–Kier alpha value is -1.95. The van der Waals surface area contributed by atoms with Crippen LogP contribution >= 0.6 is 11.3 Å². The first-order chi connectivity index (χ1) is 9.22. The lowest BCUT2D eigenvalue weighted by Crippen LogP contribution is -2.22. The Labute approximate surface area is 116 Å². The molecule has 0 unspecified atom stereocenters. The number of aryl methyl sites for hydroxylation is 1. The lowest BCUT2D eigenvalue weighted by Gasteiger charge is -2.04. The third-order valence-corrected chi connectivity index (χ3v) is 3.77. The van der Waals surface area contributed by atoms with Gasteiger partial charge in [-0.15, -0.1) is 11.3 Å². The van der Waals surface area contributed by atoms with E-state index in [9.17, 15) is 4.79 Å². The largest absolute Gasteiger partial charge is 0.373 e. The third kappa shape index (κ3) is 3.51. The Morgan fingerprint density at radius 2 is 2.16 bits per heavy atom. The first-order valence-corrected chi connectivity index (χ1v) is 6.90. The Morgan fingerprint density at radius 1 is 1.32 bits per heavy atom. The fraction of sp³-hybridized carbons (Fsp3) is 0.308. The summed E-state index contributed by atoms with van der Waals surface area (Å²) in [4.78, 5) is 21.5. The summed E-state index contributed by atoms with van der Waals surface area (Å²) in [7, 11) is 1.79. The van der Waals surface area contributed by atoms with Gasteiger partial charge in [-0.3, -0.25) is 4.79 Å². The van der Waals surface area contributed by atoms with Crippen molar-refractivity contribution in [3.8, 4) is 0 Å². The van der Waals surface area contributed by atoms with Crippen LogP contribution in [0.25, 0.3) is 0 Å². The first kappa shape index (κ1) is 13.5. The molecule has 6 heteroatoms. The number of anilines is 1. The number of nitrogens with one attached hydrogen (secondary N) is 2. The zero-order valence-electron chi connectivity index (χ0n) is 10.9. The predicted octanol–water partition coefficient (Wildman–Crippen LogP) is 2.07. The van der Waals surface area contributed by atoms with Crippen molar-refractivity contribution in [3.63, 3.8) is 0 Å². The zero-order valence-corrected chi connectivity index (χ0v) is 11.8. The van der Waals surface area contributed by atoms with E-state index in [1.165, 1.54) is 4.88 Å². The van der Waals surface area contributed by atoms with Crippen LogP contribution in [-0.2, 0) is 13.0 Å². The molecule has 0 aliphatic carbocycles. The van der Waals surface area contributed by atoms with E-state index in [1.807, 2.05) is 6.20 Å². The van der Waals surface area contributed by atoms with Gasteiger partial charge in [0.2, 0.25) is 0 Å². The average molecular weight is 276 g/mol. The van der Waals surface area contributed by atoms with Gasteiger partial charge in [0.25, 0.3) is 5.91 Å². The first-order valence-electron chi connectivity index (χ1n) is 6.08. The highest BCUT2D eigenvalue weighted by Gasteiger charge is 2.07. The van der Waals surface area contributed by atoms with Gasteiger partial charge in [-0.25, -0.2) is 9.97 Å². The second-order valence-electron chi connectivity index (χ2n) is 3.94. The molecule has 0 aliphatic rings. The van der Waals surface area contributed by atoms with Crippen molar-refractivity contribution < 1.29 is 4.79 Å². The van der Waals surface area contributed by atoms with Gasteiger partial charge in [0.1, 0.15) is 10.8 Å². The van der Waals surface area contributed by atoms with Crippen molar-refractivity contribution in [3.05, 3.63) is 40.0 Å². The van der Waals surface area contributed by atoms with Crippen LogP contribution in [0.5, 0.6) is 0 Å². The summed E-state index contributed by atoms with van der Waals surface area (Å²) >= 11 is 1.62. The second kappa shape index (κ2) is 6.29. The minimum atomic E-state index is -0.136. The Morgan fingerprint density at radius 3 is 2.74 bits per heavy atom. The standard InChI is InChI=1S/C13H16N4OS/c1-3-10-7-16-12(19-10)8-17-13(18)9-4-5-11(14-2)15-6-9/h4-7H,3,8H2,1-2H3,(H,14,15)(H,17,18). The smallest absolute Gasteiger partial charge is 0.253 e. The Bertz CT molecular complexity index is 550. The van der Waals surface area contributed by atoms with Crippen LogP contribution < -0.4 is 10.6 Å². The predicted molar refractivity (Wildman–Crippen MR) is 76.4 cm³/mol. The highest BCUT2D eigenvalue weighted by Crippen LogP contribution is 2.13. The van der Waals surface area contributed by atoms with Gasteiger partial charge in [-0.2, -0.15) is 0 Å². The summed E-state index contributed by atoms with van der Waals surface area (Å²) in [5, 5.41) is 6.67. The van der Waals surface area contributed by atoms with Gasteiger partial charge < -0.3 is 10.6 Å². The van der Waals surface area contributed by atoms with E-state index in [-0.39, 0.29) is 5.91 Å². The maximum atomic E-state index is 11.9. The lowest BCUT2D eigenvalue weighted by atomic mass is 10.2. The van der Waals surface area contributed by atoms with E-state index >= 15 is 0 Å². The van der Waals surface area contributed by atoms with Gasteiger partial charge in [0.15, 0.2) is 0 Å². The van der Waals surface area contributed by atoms with Crippen LogP contribution in [0.15, 0.2) is 24.5 Å². The van der Waals surface area contributed by atoms with Crippen molar-refractivity contribution in [1.29, 1.82) is 0 Å². The molecule has 0 spiro atoms. The fourth-order valence-corrected chi connectivity index (χ4v) is 2.33. The molecule has 0 radical (unpaired) electrons. The minimum Gasteiger partial charge on any atom is -0.373 e. The van der Waals surface area contributed by atoms with Crippen LogP contribution in [0.3, 0.4) is 0 Å². The number of pyridine rings is 1. The molecule has 2 heterocycles. The van der Waals surface area contributed by atoms with Gasteiger partial charge >= 0.3 is 0 Å². The van der Waals surface area contributed by atoms with Gasteiger partial charge in [-0.1, -0.05) is 6.92 Å². The van der Waals surface area contributed by atoms with E-state index < -0.39 is 0 Å². The summed E-state index contributed by atoms with van der Waals surface area (Å²) < 4.78 is 0. The third-order valence-electron chi connectivity index (χ3n) is 2.63. The molecule has 0 atom stereocenters. The molecular weight excluding hydrogens is 260 g/mol. The van der Waals surface area contributed by atoms with Crippen LogP contribution in [0, 0.1) is 0 Å². The van der Waals surface area contributed by atoms with E-state index in [4.69, 9.17) is 0 Å². The monoisotopic (exact) mass is 276 g/mol. The summed E-state index contributed by atoms with van der Waals surface area (Å²) in [5.74, 6) is 0.604. The van der Waals surface area contributed by atoms with E-state index in [2.05, 4.69) is 27.5 Å². The molecule has 0 bridgehead atoms. The number of rotatable bonds is 5. The minimum absolute atomic E-state index is 0.136. The topological polar surface area (TPSA) is 66.9 Å². The van der Waals surface area contributed by atoms with Crippen molar-refractivity contribution >= 4 is 23.1 Å². The van der Waals surface area contributed by atoms with Crippen LogP contribution in [-0.4, -0.2) is 22.9 Å². The number of nitrogens with zero attached hydrogens (tertiary/aromatic N) is 2.